The number of nitrogens with zero attached hydrogens (tertiary/aromatic N) is 2. The lowest BCUT2D eigenvalue weighted by atomic mass is 9.76. The molecule has 0 radical (unpaired) electrons. The molecule has 0 aliphatic carbocycles. The summed E-state index contributed by atoms with van der Waals surface area (Å²) in [7, 11) is 1.64. The van der Waals surface area contributed by atoms with E-state index >= 15 is 0 Å². The monoisotopic (exact) mass is 406 g/mol. The minimum absolute atomic E-state index is 0.0986. The summed E-state index contributed by atoms with van der Waals surface area (Å²) in [4.78, 5) is 16.2. The maximum Gasteiger partial charge on any atom is 0.314 e. The number of methoxy groups -OCH3 is 1. The molecule has 0 aromatic heterocycles. The molecule has 2 aromatic rings. The largest absolute Gasteiger partial charge is 0.497 e. The molecule has 29 heavy (non-hydrogen) atoms. The molecule has 0 fully saturated rings. The summed E-state index contributed by atoms with van der Waals surface area (Å²) in [5.74, 6) is -0.296. The zero-order valence-electron chi connectivity index (χ0n) is 16.6. The van der Waals surface area contributed by atoms with Gasteiger partial charge in [0, 0.05) is 4.90 Å². The Morgan fingerprint density at radius 2 is 1.93 bits per heavy atom. The summed E-state index contributed by atoms with van der Waals surface area (Å²) >= 11 is 1.55. The van der Waals surface area contributed by atoms with Crippen LogP contribution in [0.2, 0.25) is 0 Å². The predicted molar refractivity (Wildman–Crippen MR) is 112 cm³/mol. The molecule has 0 spiro atoms. The van der Waals surface area contributed by atoms with Crippen molar-refractivity contribution in [3.63, 3.8) is 0 Å². The maximum atomic E-state index is 12.9. The molecule has 0 bridgehead atoms. The lowest BCUT2D eigenvalue weighted by molar-refractivity contribution is -0.148. The Morgan fingerprint density at radius 1 is 1.21 bits per heavy atom. The highest BCUT2D eigenvalue weighted by Crippen LogP contribution is 2.57. The Kier molecular flexibility index (Phi) is 5.25. The summed E-state index contributed by atoms with van der Waals surface area (Å²) < 4.78 is 10.7. The number of esters is 1. The van der Waals surface area contributed by atoms with Crippen LogP contribution in [0, 0.1) is 23.2 Å². The van der Waals surface area contributed by atoms with E-state index in [1.807, 2.05) is 43.3 Å². The van der Waals surface area contributed by atoms with Crippen LogP contribution in [0.4, 0.5) is 5.69 Å². The zero-order chi connectivity index (χ0) is 20.5. The van der Waals surface area contributed by atoms with E-state index in [1.165, 1.54) is 0 Å². The van der Waals surface area contributed by atoms with Gasteiger partial charge in [0.05, 0.1) is 48.0 Å². The Balaban J connectivity index is 1.90. The molecule has 4 rings (SSSR count). The molecule has 2 heterocycles. The average Bonchev–Trinajstić information content (AvgIpc) is 3.12. The number of carbonyl (C=O) groups excluding carboxylic acids is 1. The van der Waals surface area contributed by atoms with Gasteiger partial charge in [0.1, 0.15) is 5.75 Å². The number of rotatable bonds is 4. The standard InChI is InChI=1S/C23H22N2O3S/c1-4-28-23(26)20-14(2)21(15-9-11-16(27-3)12-10-15)25-18-7-5-6-8-19(18)29-22(25)17(20)13-24/h5-12,14,20-21H,4H2,1-3H3/t14-,20-,21-/m0/s1. The fraction of sp³-hybridized carbons (Fsp3) is 0.304. The Hall–Kier alpha value is -2.91. The number of fused-ring (bicyclic) bond motifs is 3. The molecule has 0 N–H and O–H groups in total. The summed E-state index contributed by atoms with van der Waals surface area (Å²) in [5, 5.41) is 10.8. The van der Waals surface area contributed by atoms with Crippen molar-refractivity contribution in [1.29, 1.82) is 5.26 Å². The smallest absolute Gasteiger partial charge is 0.314 e. The first-order chi connectivity index (χ1) is 14.1. The van der Waals surface area contributed by atoms with Crippen molar-refractivity contribution in [2.75, 3.05) is 18.6 Å². The molecule has 0 amide bonds. The number of ether oxygens (including phenoxy) is 2. The molecule has 0 unspecified atom stereocenters. The summed E-state index contributed by atoms with van der Waals surface area (Å²) in [6, 6.07) is 18.3. The second kappa shape index (κ2) is 7.84. The molecule has 3 atom stereocenters. The fourth-order valence-corrected chi connectivity index (χ4v) is 5.43. The van der Waals surface area contributed by atoms with E-state index in [0.717, 1.165) is 26.9 Å². The molecule has 2 aromatic carbocycles. The Labute approximate surface area is 174 Å². The first kappa shape index (κ1) is 19.4. The van der Waals surface area contributed by atoms with Crippen molar-refractivity contribution < 1.29 is 14.3 Å². The highest BCUT2D eigenvalue weighted by Gasteiger charge is 2.48. The molecular weight excluding hydrogens is 384 g/mol. The highest BCUT2D eigenvalue weighted by atomic mass is 32.2. The topological polar surface area (TPSA) is 62.6 Å². The van der Waals surface area contributed by atoms with Crippen LogP contribution in [0.15, 0.2) is 64.0 Å². The molecule has 2 aliphatic heterocycles. The van der Waals surface area contributed by atoms with E-state index in [1.54, 1.807) is 25.8 Å². The van der Waals surface area contributed by atoms with Gasteiger partial charge in [-0.2, -0.15) is 5.26 Å². The first-order valence-electron chi connectivity index (χ1n) is 9.61. The van der Waals surface area contributed by atoms with Gasteiger partial charge in [-0.05, 0) is 42.7 Å². The van der Waals surface area contributed by atoms with Gasteiger partial charge in [0.15, 0.2) is 0 Å². The van der Waals surface area contributed by atoms with Crippen LogP contribution in [0.1, 0.15) is 25.5 Å². The lowest BCUT2D eigenvalue weighted by Gasteiger charge is -2.42. The minimum atomic E-state index is -0.597. The van der Waals surface area contributed by atoms with Gasteiger partial charge in [-0.1, -0.05) is 43.0 Å². The van der Waals surface area contributed by atoms with Crippen molar-refractivity contribution in [1.82, 2.24) is 0 Å². The molecule has 148 valence electrons. The zero-order valence-corrected chi connectivity index (χ0v) is 17.4. The van der Waals surface area contributed by atoms with Gasteiger partial charge in [-0.3, -0.25) is 4.79 Å². The number of carbonyl (C=O) groups is 1. The van der Waals surface area contributed by atoms with Gasteiger partial charge < -0.3 is 14.4 Å². The van der Waals surface area contributed by atoms with Crippen LogP contribution in [0.5, 0.6) is 5.75 Å². The number of hydrogen-bond donors (Lipinski definition) is 0. The molecule has 2 aliphatic rings. The Morgan fingerprint density at radius 3 is 2.59 bits per heavy atom. The van der Waals surface area contributed by atoms with Crippen molar-refractivity contribution in [3.05, 3.63) is 64.7 Å². The number of benzene rings is 2. The normalized spacial score (nSPS) is 22.6. The molecule has 5 nitrogen and oxygen atoms in total. The second-order valence-electron chi connectivity index (χ2n) is 7.08. The van der Waals surface area contributed by atoms with Crippen LogP contribution >= 0.6 is 11.8 Å². The van der Waals surface area contributed by atoms with Crippen molar-refractivity contribution >= 4 is 23.4 Å². The maximum absolute atomic E-state index is 12.9. The van der Waals surface area contributed by atoms with Crippen molar-refractivity contribution in [2.24, 2.45) is 11.8 Å². The van der Waals surface area contributed by atoms with E-state index in [4.69, 9.17) is 9.47 Å². The van der Waals surface area contributed by atoms with E-state index in [-0.39, 0.29) is 17.9 Å². The van der Waals surface area contributed by atoms with Crippen molar-refractivity contribution in [2.45, 2.75) is 24.8 Å². The summed E-state index contributed by atoms with van der Waals surface area (Å²) in [5.41, 5.74) is 2.62. The van der Waals surface area contributed by atoms with E-state index in [2.05, 4.69) is 23.1 Å². The van der Waals surface area contributed by atoms with Crippen molar-refractivity contribution in [3.8, 4) is 11.8 Å². The molecule has 0 saturated carbocycles. The number of hydrogen-bond acceptors (Lipinski definition) is 6. The van der Waals surface area contributed by atoms with Gasteiger partial charge in [-0.15, -0.1) is 0 Å². The van der Waals surface area contributed by atoms with Crippen LogP contribution in [-0.2, 0) is 9.53 Å². The summed E-state index contributed by atoms with van der Waals surface area (Å²) in [6.07, 6.45) is 0. The fourth-order valence-electron chi connectivity index (χ4n) is 4.22. The third-order valence-corrected chi connectivity index (χ3v) is 6.69. The van der Waals surface area contributed by atoms with Crippen LogP contribution in [0.3, 0.4) is 0 Å². The minimum Gasteiger partial charge on any atom is -0.497 e. The van der Waals surface area contributed by atoms with E-state index in [9.17, 15) is 10.1 Å². The van der Waals surface area contributed by atoms with Gasteiger partial charge in [-0.25, -0.2) is 0 Å². The Bertz CT molecular complexity index is 1010. The third-order valence-electron chi connectivity index (χ3n) is 5.51. The van der Waals surface area contributed by atoms with Gasteiger partial charge in [0.25, 0.3) is 0 Å². The average molecular weight is 407 g/mol. The lowest BCUT2D eigenvalue weighted by Crippen LogP contribution is -2.42. The predicted octanol–water partition coefficient (Wildman–Crippen LogP) is 4.91. The summed E-state index contributed by atoms with van der Waals surface area (Å²) in [6.45, 7) is 4.11. The van der Waals surface area contributed by atoms with E-state index in [0.29, 0.717) is 12.2 Å². The number of para-hydroxylation sites is 1. The molecule has 6 heteroatoms. The number of thioether (sulfide) groups is 1. The SMILES string of the molecule is CCOC(=O)[C@@H]1C(C#N)=C2Sc3ccccc3N2[C@H](c2ccc(OC)cc2)[C@H]1C. The van der Waals surface area contributed by atoms with E-state index < -0.39 is 5.92 Å². The number of anilines is 1. The third kappa shape index (κ3) is 3.16. The van der Waals surface area contributed by atoms with Gasteiger partial charge >= 0.3 is 5.97 Å². The van der Waals surface area contributed by atoms with Crippen LogP contribution < -0.4 is 9.64 Å². The first-order valence-corrected chi connectivity index (χ1v) is 10.4. The second-order valence-corrected chi connectivity index (χ2v) is 8.11. The van der Waals surface area contributed by atoms with Gasteiger partial charge in [0.2, 0.25) is 0 Å². The molecule has 0 saturated heterocycles. The number of nitriles is 1. The highest BCUT2D eigenvalue weighted by molar-refractivity contribution is 8.03. The quantitative estimate of drug-likeness (QED) is 0.672. The molecular formula is C23H22N2O3S. The van der Waals surface area contributed by atoms with Crippen LogP contribution in [0.25, 0.3) is 0 Å². The van der Waals surface area contributed by atoms with Crippen LogP contribution in [-0.4, -0.2) is 19.7 Å².